The van der Waals surface area contributed by atoms with Crippen molar-refractivity contribution in [2.75, 3.05) is 0 Å². The van der Waals surface area contributed by atoms with Crippen LogP contribution < -0.4 is 0 Å². The van der Waals surface area contributed by atoms with Gasteiger partial charge in [-0.3, -0.25) is 0 Å². The van der Waals surface area contributed by atoms with Crippen molar-refractivity contribution in [2.24, 2.45) is 11.8 Å². The molecular weight excluding hydrogens is 256 g/mol. The van der Waals surface area contributed by atoms with E-state index in [4.69, 9.17) is 0 Å². The van der Waals surface area contributed by atoms with Gasteiger partial charge in [0.15, 0.2) is 0 Å². The molecule has 0 aromatic rings. The molecule has 1 saturated carbocycles. The quantitative estimate of drug-likeness (QED) is 0.303. The van der Waals surface area contributed by atoms with E-state index in [1.165, 1.54) is 51.4 Å². The summed E-state index contributed by atoms with van der Waals surface area (Å²) in [7, 11) is 0. The zero-order valence-corrected chi connectivity index (χ0v) is 14.1. The summed E-state index contributed by atoms with van der Waals surface area (Å²) < 4.78 is 0. The lowest BCUT2D eigenvalue weighted by atomic mass is 10.1. The minimum atomic E-state index is -0.393. The second-order valence-corrected chi connectivity index (χ2v) is 6.48. The van der Waals surface area contributed by atoms with Gasteiger partial charge in [0.25, 0.3) is 0 Å². The highest BCUT2D eigenvalue weighted by molar-refractivity contribution is 5.08. The Labute approximate surface area is 132 Å². The van der Waals surface area contributed by atoms with Crippen LogP contribution in [0.5, 0.6) is 0 Å². The number of rotatable bonds is 11. The third-order valence-corrected chi connectivity index (χ3v) is 4.38. The summed E-state index contributed by atoms with van der Waals surface area (Å²) in [4.78, 5) is 0. The van der Waals surface area contributed by atoms with Gasteiger partial charge >= 0.3 is 0 Å². The van der Waals surface area contributed by atoms with Crippen molar-refractivity contribution < 1.29 is 5.11 Å². The van der Waals surface area contributed by atoms with Gasteiger partial charge in [-0.1, -0.05) is 57.6 Å². The van der Waals surface area contributed by atoms with Gasteiger partial charge in [-0.25, -0.2) is 0 Å². The molecule has 1 fully saturated rings. The predicted molar refractivity (Wildman–Crippen MR) is 92.0 cm³/mol. The van der Waals surface area contributed by atoms with Crippen molar-refractivity contribution in [3.63, 3.8) is 0 Å². The summed E-state index contributed by atoms with van der Waals surface area (Å²) in [6, 6.07) is 0. The maximum absolute atomic E-state index is 9.74. The van der Waals surface area contributed by atoms with Crippen LogP contribution in [0.4, 0.5) is 0 Å². The van der Waals surface area contributed by atoms with Gasteiger partial charge in [0, 0.05) is 6.42 Å². The first-order valence-electron chi connectivity index (χ1n) is 9.09. The molecule has 21 heavy (non-hydrogen) atoms. The second-order valence-electron chi connectivity index (χ2n) is 6.48. The highest BCUT2D eigenvalue weighted by Crippen LogP contribution is 2.44. The molecule has 1 aliphatic carbocycles. The molecular formula is C20H34O. The number of allylic oxidation sites excluding steroid dienone is 2. The number of hydrogen-bond acceptors (Lipinski definition) is 1. The van der Waals surface area contributed by atoms with Crippen molar-refractivity contribution in [3.05, 3.63) is 12.2 Å². The molecule has 0 radical (unpaired) electrons. The molecule has 1 aliphatic rings. The summed E-state index contributed by atoms with van der Waals surface area (Å²) in [6.07, 6.45) is 17.4. The molecule has 0 heterocycles. The van der Waals surface area contributed by atoms with Crippen LogP contribution in [0.3, 0.4) is 0 Å². The monoisotopic (exact) mass is 290 g/mol. The molecule has 1 N–H and O–H groups in total. The number of aliphatic hydroxyl groups is 1. The van der Waals surface area contributed by atoms with Crippen LogP contribution in [0.15, 0.2) is 12.2 Å². The Hall–Kier alpha value is -0.740. The molecule has 1 heteroatoms. The summed E-state index contributed by atoms with van der Waals surface area (Å²) in [5, 5.41) is 9.74. The molecule has 0 saturated heterocycles. The van der Waals surface area contributed by atoms with Gasteiger partial charge in [0.1, 0.15) is 6.10 Å². The van der Waals surface area contributed by atoms with Crippen LogP contribution in [-0.4, -0.2) is 11.2 Å². The topological polar surface area (TPSA) is 20.2 Å². The van der Waals surface area contributed by atoms with Crippen LogP contribution in [-0.2, 0) is 0 Å². The molecule has 120 valence electrons. The smallest absolute Gasteiger partial charge is 0.114 e. The van der Waals surface area contributed by atoms with Crippen LogP contribution in [0.25, 0.3) is 0 Å². The van der Waals surface area contributed by atoms with Gasteiger partial charge in [0.2, 0.25) is 0 Å². The van der Waals surface area contributed by atoms with E-state index in [2.05, 4.69) is 37.8 Å². The van der Waals surface area contributed by atoms with Crippen LogP contribution in [0.1, 0.15) is 84.5 Å². The normalized spacial score (nSPS) is 22.0. The fourth-order valence-corrected chi connectivity index (χ4v) is 2.75. The first-order valence-corrected chi connectivity index (χ1v) is 9.09. The second kappa shape index (κ2) is 11.9. The number of unbranched alkanes of at least 4 members (excludes halogenated alkanes) is 4. The van der Waals surface area contributed by atoms with Gasteiger partial charge in [0.05, 0.1) is 0 Å². The van der Waals surface area contributed by atoms with Crippen molar-refractivity contribution >= 4 is 0 Å². The van der Waals surface area contributed by atoms with E-state index in [1.807, 2.05) is 0 Å². The lowest BCUT2D eigenvalue weighted by molar-refractivity contribution is 0.217. The van der Waals surface area contributed by atoms with Crippen molar-refractivity contribution in [2.45, 2.75) is 90.6 Å². The van der Waals surface area contributed by atoms with Crippen LogP contribution >= 0.6 is 0 Å². The number of hydrogen-bond donors (Lipinski definition) is 1. The minimum absolute atomic E-state index is 0.393. The fourth-order valence-electron chi connectivity index (χ4n) is 2.75. The van der Waals surface area contributed by atoms with Crippen molar-refractivity contribution in [1.29, 1.82) is 0 Å². The predicted octanol–water partition coefficient (Wildman–Crippen LogP) is 5.48. The summed E-state index contributed by atoms with van der Waals surface area (Å²) in [6.45, 7) is 4.43. The van der Waals surface area contributed by atoms with E-state index in [0.717, 1.165) is 31.1 Å². The Morgan fingerprint density at radius 3 is 2.57 bits per heavy atom. The van der Waals surface area contributed by atoms with E-state index >= 15 is 0 Å². The average Bonchev–Trinajstić information content (AvgIpc) is 3.21. The molecule has 0 bridgehead atoms. The van der Waals surface area contributed by atoms with E-state index in [0.29, 0.717) is 0 Å². The summed E-state index contributed by atoms with van der Waals surface area (Å²) in [5.41, 5.74) is 0. The fraction of sp³-hybridized carbons (Fsp3) is 0.800. The molecule has 3 atom stereocenters. The van der Waals surface area contributed by atoms with E-state index in [1.54, 1.807) is 0 Å². The molecule has 0 spiro atoms. The molecule has 0 aromatic carbocycles. The molecule has 1 nitrogen and oxygen atoms in total. The van der Waals surface area contributed by atoms with Gasteiger partial charge in [-0.2, -0.15) is 0 Å². The summed E-state index contributed by atoms with van der Waals surface area (Å²) in [5.74, 6) is 7.93. The van der Waals surface area contributed by atoms with Crippen molar-refractivity contribution in [1.82, 2.24) is 0 Å². The third kappa shape index (κ3) is 9.75. The Morgan fingerprint density at radius 2 is 1.81 bits per heavy atom. The summed E-state index contributed by atoms with van der Waals surface area (Å²) >= 11 is 0. The third-order valence-electron chi connectivity index (χ3n) is 4.38. The lowest BCUT2D eigenvalue weighted by Gasteiger charge is -2.01. The molecule has 0 aromatic heterocycles. The van der Waals surface area contributed by atoms with E-state index in [-0.39, 0.29) is 0 Å². The Morgan fingerprint density at radius 1 is 1.05 bits per heavy atom. The van der Waals surface area contributed by atoms with Crippen LogP contribution in [0, 0.1) is 23.7 Å². The highest BCUT2D eigenvalue weighted by Gasteiger charge is 2.34. The molecule has 0 unspecified atom stereocenters. The van der Waals surface area contributed by atoms with Gasteiger partial charge < -0.3 is 5.11 Å². The SMILES string of the molecule is CCCC/C=C\CC[C@H]1C[C@@H]1CC#C[C@H](O)CCCCC. The van der Waals surface area contributed by atoms with Gasteiger partial charge in [-0.05, 0) is 50.4 Å². The van der Waals surface area contributed by atoms with Crippen LogP contribution in [0.2, 0.25) is 0 Å². The maximum atomic E-state index is 9.74. The largest absolute Gasteiger partial charge is 0.380 e. The molecule has 1 rings (SSSR count). The first kappa shape index (κ1) is 18.3. The standard InChI is InChI=1S/C20H34O/c1-3-5-7-8-9-11-13-18-17-19(18)14-12-16-20(21)15-10-6-4-2/h8-9,18-21H,3-7,10-11,13-15,17H2,1-2H3/b9-8-/t18-,19-,20+/m0/s1. The maximum Gasteiger partial charge on any atom is 0.114 e. The van der Waals surface area contributed by atoms with E-state index < -0.39 is 6.10 Å². The molecule has 0 aliphatic heterocycles. The van der Waals surface area contributed by atoms with Gasteiger partial charge in [-0.15, -0.1) is 5.92 Å². The Bertz CT molecular complexity index is 333. The number of aliphatic hydroxyl groups excluding tert-OH is 1. The average molecular weight is 290 g/mol. The van der Waals surface area contributed by atoms with E-state index in [9.17, 15) is 5.11 Å². The zero-order valence-electron chi connectivity index (χ0n) is 14.1. The molecule has 0 amide bonds. The highest BCUT2D eigenvalue weighted by atomic mass is 16.3. The lowest BCUT2D eigenvalue weighted by Crippen LogP contribution is -2.02. The Kier molecular flexibility index (Phi) is 10.3. The zero-order chi connectivity index (χ0) is 15.3. The Balaban J connectivity index is 2.00. The minimum Gasteiger partial charge on any atom is -0.380 e. The first-order chi connectivity index (χ1) is 10.3. The van der Waals surface area contributed by atoms with Crippen molar-refractivity contribution in [3.8, 4) is 11.8 Å².